The van der Waals surface area contributed by atoms with Crippen molar-refractivity contribution in [3.8, 4) is 5.75 Å². The summed E-state index contributed by atoms with van der Waals surface area (Å²) >= 11 is 8.97. The highest BCUT2D eigenvalue weighted by molar-refractivity contribution is 9.10. The third-order valence-corrected chi connectivity index (χ3v) is 2.89. The average molecular weight is 345 g/mol. The molecule has 17 heavy (non-hydrogen) atoms. The van der Waals surface area contributed by atoms with E-state index < -0.39 is 12.0 Å². The molecule has 0 spiro atoms. The Balaban J connectivity index is 0.00000256. The molecule has 0 bridgehead atoms. The van der Waals surface area contributed by atoms with Crippen LogP contribution in [-0.4, -0.2) is 18.2 Å². The zero-order valence-corrected chi connectivity index (χ0v) is 12.1. The van der Waals surface area contributed by atoms with E-state index in [1.807, 2.05) is 0 Å². The normalized spacial score (nSPS) is 11.5. The Morgan fingerprint density at radius 3 is 2.76 bits per heavy atom. The Hall–Kier alpha value is -0.490. The molecular formula is C10H12BrCl2NO3. The van der Waals surface area contributed by atoms with Gasteiger partial charge in [-0.15, -0.1) is 12.4 Å². The van der Waals surface area contributed by atoms with Gasteiger partial charge in [-0.3, -0.25) is 4.79 Å². The molecule has 0 saturated carbocycles. The molecule has 0 amide bonds. The summed E-state index contributed by atoms with van der Waals surface area (Å²) in [5.74, 6) is -0.455. The van der Waals surface area contributed by atoms with Crippen molar-refractivity contribution in [2.45, 2.75) is 12.5 Å². The van der Waals surface area contributed by atoms with E-state index >= 15 is 0 Å². The third kappa shape index (κ3) is 4.35. The van der Waals surface area contributed by atoms with Gasteiger partial charge in [0, 0.05) is 16.6 Å². The Morgan fingerprint density at radius 1 is 1.65 bits per heavy atom. The molecule has 0 aliphatic carbocycles. The number of halogens is 3. The number of ether oxygens (including phenoxy) is 1. The molecule has 0 fully saturated rings. The van der Waals surface area contributed by atoms with Crippen molar-refractivity contribution in [2.75, 3.05) is 7.11 Å². The van der Waals surface area contributed by atoms with Gasteiger partial charge in [0.2, 0.25) is 0 Å². The summed E-state index contributed by atoms with van der Waals surface area (Å²) < 4.78 is 4.94. The number of rotatable bonds is 3. The number of methoxy groups -OCH3 is 1. The molecule has 4 nitrogen and oxygen atoms in total. The van der Waals surface area contributed by atoms with E-state index in [2.05, 4.69) is 20.7 Å². The summed E-state index contributed by atoms with van der Waals surface area (Å²) in [6, 6.07) is 2.42. The van der Waals surface area contributed by atoms with Crippen LogP contribution in [0.3, 0.4) is 0 Å². The largest absolute Gasteiger partial charge is 0.506 e. The highest BCUT2D eigenvalue weighted by Gasteiger charge is 2.17. The smallest absolute Gasteiger partial charge is 0.307 e. The highest BCUT2D eigenvalue weighted by atomic mass is 79.9. The molecule has 1 atom stereocenters. The molecule has 0 saturated heterocycles. The van der Waals surface area contributed by atoms with Crippen molar-refractivity contribution in [1.82, 2.24) is 0 Å². The maximum absolute atomic E-state index is 11.0. The van der Waals surface area contributed by atoms with Crippen LogP contribution in [0, 0.1) is 0 Å². The van der Waals surface area contributed by atoms with Crippen LogP contribution in [0.1, 0.15) is 18.0 Å². The zero-order valence-electron chi connectivity index (χ0n) is 8.94. The van der Waals surface area contributed by atoms with Crippen molar-refractivity contribution in [1.29, 1.82) is 0 Å². The van der Waals surface area contributed by atoms with Crippen LogP contribution in [0.25, 0.3) is 0 Å². The lowest BCUT2D eigenvalue weighted by atomic mass is 10.0. The Kier molecular flexibility index (Phi) is 6.85. The molecule has 3 N–H and O–H groups in total. The summed E-state index contributed by atoms with van der Waals surface area (Å²) in [6.07, 6.45) is -0.0170. The molecule has 1 aromatic carbocycles. The Bertz CT molecular complexity index is 415. The minimum atomic E-state index is -0.651. The van der Waals surface area contributed by atoms with Gasteiger partial charge in [0.05, 0.1) is 18.0 Å². The standard InChI is InChI=1S/C10H11BrClNO3.ClH/c1-16-9(14)4-8(13)6-2-5(12)3-7(11)10(6)15;/h2-3,8,15H,4,13H2,1H3;1H/t8-;/m1./s1. The van der Waals surface area contributed by atoms with Crippen molar-refractivity contribution < 1.29 is 14.6 Å². The molecule has 0 heterocycles. The first kappa shape index (κ1) is 16.5. The summed E-state index contributed by atoms with van der Waals surface area (Å²) in [7, 11) is 1.28. The molecule has 96 valence electrons. The van der Waals surface area contributed by atoms with Crippen LogP contribution >= 0.6 is 39.9 Å². The third-order valence-electron chi connectivity index (χ3n) is 2.07. The molecule has 0 radical (unpaired) electrons. The fourth-order valence-corrected chi connectivity index (χ4v) is 2.08. The lowest BCUT2D eigenvalue weighted by Crippen LogP contribution is -2.16. The van der Waals surface area contributed by atoms with Crippen LogP contribution in [0.4, 0.5) is 0 Å². The van der Waals surface area contributed by atoms with Crippen molar-refractivity contribution in [3.63, 3.8) is 0 Å². The van der Waals surface area contributed by atoms with Crippen LogP contribution in [0.2, 0.25) is 5.02 Å². The Labute approximate surface area is 119 Å². The second-order valence-corrected chi connectivity index (χ2v) is 4.50. The number of hydrogen-bond acceptors (Lipinski definition) is 4. The Morgan fingerprint density at radius 2 is 2.24 bits per heavy atom. The topological polar surface area (TPSA) is 72.5 Å². The van der Waals surface area contributed by atoms with Crippen molar-refractivity contribution >= 4 is 45.9 Å². The van der Waals surface area contributed by atoms with Gasteiger partial charge in [-0.1, -0.05) is 11.6 Å². The minimum absolute atomic E-state index is 0. The van der Waals surface area contributed by atoms with Crippen molar-refractivity contribution in [3.05, 3.63) is 27.2 Å². The number of carbonyl (C=O) groups excluding carboxylic acids is 1. The van der Waals surface area contributed by atoms with Crippen LogP contribution in [0.15, 0.2) is 16.6 Å². The fraction of sp³-hybridized carbons (Fsp3) is 0.300. The maximum atomic E-state index is 11.0. The van der Waals surface area contributed by atoms with E-state index in [1.54, 1.807) is 6.07 Å². The number of phenols is 1. The number of benzene rings is 1. The SMILES string of the molecule is COC(=O)C[C@@H](N)c1cc(Cl)cc(Br)c1O.Cl. The summed E-state index contributed by atoms with van der Waals surface area (Å²) in [6.45, 7) is 0. The number of aromatic hydroxyl groups is 1. The lowest BCUT2D eigenvalue weighted by Gasteiger charge is -2.13. The average Bonchev–Trinajstić information content (AvgIpc) is 2.22. The first-order chi connectivity index (χ1) is 7.45. The number of esters is 1. The van der Waals surface area contributed by atoms with Gasteiger partial charge in [-0.2, -0.15) is 0 Å². The van der Waals surface area contributed by atoms with E-state index in [1.165, 1.54) is 13.2 Å². The van der Waals surface area contributed by atoms with E-state index in [9.17, 15) is 9.90 Å². The van der Waals surface area contributed by atoms with E-state index in [0.29, 0.717) is 15.1 Å². The van der Waals surface area contributed by atoms with Crippen LogP contribution in [0.5, 0.6) is 5.75 Å². The van der Waals surface area contributed by atoms with Gasteiger partial charge in [-0.25, -0.2) is 0 Å². The summed E-state index contributed by atoms with van der Waals surface area (Å²) in [5.41, 5.74) is 6.18. The quantitative estimate of drug-likeness (QED) is 0.827. The minimum Gasteiger partial charge on any atom is -0.506 e. The fourth-order valence-electron chi connectivity index (χ4n) is 1.24. The molecule has 0 aliphatic heterocycles. The predicted octanol–water partition coefficient (Wildman–Crippen LogP) is 2.79. The maximum Gasteiger partial charge on any atom is 0.307 e. The number of hydrogen-bond donors (Lipinski definition) is 2. The summed E-state index contributed by atoms with van der Waals surface area (Å²) in [5, 5.41) is 10.2. The van der Waals surface area contributed by atoms with Crippen LogP contribution < -0.4 is 5.73 Å². The molecule has 0 aromatic heterocycles. The zero-order chi connectivity index (χ0) is 12.3. The predicted molar refractivity (Wildman–Crippen MR) is 71.6 cm³/mol. The van der Waals surface area contributed by atoms with Crippen molar-refractivity contribution in [2.24, 2.45) is 5.73 Å². The molecule has 1 rings (SSSR count). The lowest BCUT2D eigenvalue weighted by molar-refractivity contribution is -0.141. The first-order valence-electron chi connectivity index (χ1n) is 4.46. The molecule has 7 heteroatoms. The summed E-state index contributed by atoms with van der Waals surface area (Å²) in [4.78, 5) is 11.0. The van der Waals surface area contributed by atoms with Gasteiger partial charge >= 0.3 is 5.97 Å². The number of carbonyl (C=O) groups is 1. The van der Waals surface area contributed by atoms with Gasteiger partial charge in [0.25, 0.3) is 0 Å². The number of phenolic OH excluding ortho intramolecular Hbond substituents is 1. The van der Waals surface area contributed by atoms with Gasteiger partial charge in [0.1, 0.15) is 5.75 Å². The monoisotopic (exact) mass is 343 g/mol. The van der Waals surface area contributed by atoms with E-state index in [-0.39, 0.29) is 24.6 Å². The highest BCUT2D eigenvalue weighted by Crippen LogP contribution is 2.35. The van der Waals surface area contributed by atoms with E-state index in [4.69, 9.17) is 17.3 Å². The van der Waals surface area contributed by atoms with E-state index in [0.717, 1.165) is 0 Å². The van der Waals surface area contributed by atoms with Crippen LogP contribution in [-0.2, 0) is 9.53 Å². The first-order valence-corrected chi connectivity index (χ1v) is 5.63. The molecule has 0 aliphatic rings. The second kappa shape index (κ2) is 7.06. The van der Waals surface area contributed by atoms with Gasteiger partial charge in [-0.05, 0) is 28.1 Å². The number of nitrogens with two attached hydrogens (primary N) is 1. The second-order valence-electron chi connectivity index (χ2n) is 3.21. The molecule has 0 unspecified atom stereocenters. The molecular weight excluding hydrogens is 333 g/mol. The molecule has 1 aromatic rings. The van der Waals surface area contributed by atoms with Gasteiger partial charge in [0.15, 0.2) is 0 Å². The van der Waals surface area contributed by atoms with Gasteiger partial charge < -0.3 is 15.6 Å².